The van der Waals surface area contributed by atoms with Crippen molar-refractivity contribution >= 4 is 11.6 Å². The van der Waals surface area contributed by atoms with Crippen LogP contribution < -0.4 is 16.2 Å². The molecule has 112 valence electrons. The van der Waals surface area contributed by atoms with Gasteiger partial charge in [-0.2, -0.15) is 0 Å². The Kier molecular flexibility index (Phi) is 4.45. The number of nitrogens with two attached hydrogens (primary N) is 1. The minimum absolute atomic E-state index is 0.0767. The molecule has 3 N–H and O–H groups in total. The first-order chi connectivity index (χ1) is 9.49. The molecule has 0 spiro atoms. The summed E-state index contributed by atoms with van der Waals surface area (Å²) in [5, 5.41) is 0. The van der Waals surface area contributed by atoms with E-state index in [4.69, 9.17) is 15.6 Å². The Hall–Kier alpha value is -1.40. The van der Waals surface area contributed by atoms with Gasteiger partial charge in [0.1, 0.15) is 17.5 Å². The molecular formula is C14H25N5O. The summed E-state index contributed by atoms with van der Waals surface area (Å²) in [5.74, 6) is 8.11. The Labute approximate surface area is 120 Å². The van der Waals surface area contributed by atoms with Gasteiger partial charge in [-0.05, 0) is 27.2 Å². The largest absolute Gasteiger partial charge is 0.377 e. The normalized spacial score (nSPS) is 18.1. The first-order valence-electron chi connectivity index (χ1n) is 7.19. The van der Waals surface area contributed by atoms with Crippen molar-refractivity contribution < 1.29 is 4.74 Å². The molecule has 0 radical (unpaired) electrons. The lowest BCUT2D eigenvalue weighted by atomic mass is 10.0. The van der Waals surface area contributed by atoms with Gasteiger partial charge in [-0.3, -0.25) is 0 Å². The Morgan fingerprint density at radius 2 is 2.15 bits per heavy atom. The van der Waals surface area contributed by atoms with Gasteiger partial charge in [0.15, 0.2) is 0 Å². The summed E-state index contributed by atoms with van der Waals surface area (Å²) >= 11 is 0. The number of hydrazine groups is 1. The van der Waals surface area contributed by atoms with Gasteiger partial charge in [-0.15, -0.1) is 0 Å². The van der Waals surface area contributed by atoms with Gasteiger partial charge >= 0.3 is 0 Å². The molecule has 0 bridgehead atoms. The van der Waals surface area contributed by atoms with Gasteiger partial charge < -0.3 is 15.1 Å². The molecule has 0 aliphatic carbocycles. The lowest BCUT2D eigenvalue weighted by molar-refractivity contribution is 0.0638. The average molecular weight is 279 g/mol. The van der Waals surface area contributed by atoms with Gasteiger partial charge in [0.05, 0.1) is 18.8 Å². The molecule has 0 atom stereocenters. The average Bonchev–Trinajstić information content (AvgIpc) is 2.41. The molecular weight excluding hydrogens is 254 g/mol. The molecule has 0 saturated carbocycles. The Balaban J connectivity index is 2.45. The standard InChI is InChI=1S/C14H25N5O/c1-5-6-11-16-12(18-15)10(2)13(17-11)19-7-8-20-9-14(19,3)4/h5-9,15H2,1-4H3,(H,16,17,18). The van der Waals surface area contributed by atoms with Crippen LogP contribution in [0.4, 0.5) is 11.6 Å². The molecule has 1 fully saturated rings. The maximum atomic E-state index is 5.60. The summed E-state index contributed by atoms with van der Waals surface area (Å²) in [5.41, 5.74) is 3.60. The number of aromatic nitrogens is 2. The molecule has 1 aromatic heterocycles. The van der Waals surface area contributed by atoms with E-state index < -0.39 is 0 Å². The number of rotatable bonds is 4. The maximum absolute atomic E-state index is 5.60. The highest BCUT2D eigenvalue weighted by Gasteiger charge is 2.33. The van der Waals surface area contributed by atoms with Crippen LogP contribution in [-0.4, -0.2) is 35.3 Å². The zero-order chi connectivity index (χ0) is 14.8. The Morgan fingerprint density at radius 3 is 2.75 bits per heavy atom. The van der Waals surface area contributed by atoms with Crippen molar-refractivity contribution in [3.8, 4) is 0 Å². The van der Waals surface area contributed by atoms with E-state index in [2.05, 4.69) is 36.1 Å². The Bertz CT molecular complexity index is 475. The number of hydrogen-bond donors (Lipinski definition) is 2. The zero-order valence-electron chi connectivity index (χ0n) is 12.9. The molecule has 0 unspecified atom stereocenters. The van der Waals surface area contributed by atoms with Crippen LogP contribution in [0.25, 0.3) is 0 Å². The number of morpholine rings is 1. The highest BCUT2D eigenvalue weighted by molar-refractivity contribution is 5.59. The van der Waals surface area contributed by atoms with Crippen molar-refractivity contribution in [1.29, 1.82) is 0 Å². The van der Waals surface area contributed by atoms with Gasteiger partial charge in [0, 0.05) is 18.5 Å². The molecule has 1 aliphatic rings. The summed E-state index contributed by atoms with van der Waals surface area (Å²) in [4.78, 5) is 11.5. The van der Waals surface area contributed by atoms with Crippen LogP contribution >= 0.6 is 0 Å². The second kappa shape index (κ2) is 5.93. The predicted molar refractivity (Wildman–Crippen MR) is 80.8 cm³/mol. The van der Waals surface area contributed by atoms with Crippen molar-refractivity contribution in [3.05, 3.63) is 11.4 Å². The molecule has 2 rings (SSSR count). The van der Waals surface area contributed by atoms with Crippen LogP contribution in [0.2, 0.25) is 0 Å². The first-order valence-corrected chi connectivity index (χ1v) is 7.19. The van der Waals surface area contributed by atoms with Crippen molar-refractivity contribution in [3.63, 3.8) is 0 Å². The molecule has 1 aliphatic heterocycles. The number of ether oxygens (including phenoxy) is 1. The SMILES string of the molecule is CCCc1nc(NN)c(C)c(N2CCOCC2(C)C)n1. The minimum atomic E-state index is -0.0767. The minimum Gasteiger partial charge on any atom is -0.377 e. The second-order valence-corrected chi connectivity index (χ2v) is 5.85. The highest BCUT2D eigenvalue weighted by atomic mass is 16.5. The number of nitrogens with zero attached hydrogens (tertiary/aromatic N) is 3. The predicted octanol–water partition coefficient (Wildman–Crippen LogP) is 1.64. The lowest BCUT2D eigenvalue weighted by Crippen LogP contribution is -2.54. The maximum Gasteiger partial charge on any atom is 0.148 e. The molecule has 1 saturated heterocycles. The lowest BCUT2D eigenvalue weighted by Gasteiger charge is -2.43. The fraction of sp³-hybridized carbons (Fsp3) is 0.714. The number of aryl methyl sites for hydroxylation is 1. The van der Waals surface area contributed by atoms with Gasteiger partial charge in [-0.25, -0.2) is 15.8 Å². The summed E-state index contributed by atoms with van der Waals surface area (Å²) in [6.45, 7) is 10.7. The van der Waals surface area contributed by atoms with Crippen LogP contribution in [0, 0.1) is 6.92 Å². The number of nitrogens with one attached hydrogen (secondary N) is 1. The highest BCUT2D eigenvalue weighted by Crippen LogP contribution is 2.30. The van der Waals surface area contributed by atoms with Crippen LogP contribution in [0.3, 0.4) is 0 Å². The van der Waals surface area contributed by atoms with E-state index in [1.807, 2.05) is 6.92 Å². The topological polar surface area (TPSA) is 76.3 Å². The van der Waals surface area contributed by atoms with E-state index in [0.29, 0.717) is 12.4 Å². The Morgan fingerprint density at radius 1 is 1.40 bits per heavy atom. The third kappa shape index (κ3) is 2.86. The monoisotopic (exact) mass is 279 g/mol. The van der Waals surface area contributed by atoms with Crippen molar-refractivity contribution in [1.82, 2.24) is 9.97 Å². The van der Waals surface area contributed by atoms with E-state index in [9.17, 15) is 0 Å². The number of anilines is 2. The van der Waals surface area contributed by atoms with Crippen LogP contribution in [0.15, 0.2) is 0 Å². The smallest absolute Gasteiger partial charge is 0.148 e. The second-order valence-electron chi connectivity index (χ2n) is 5.85. The summed E-state index contributed by atoms with van der Waals surface area (Å²) in [6, 6.07) is 0. The first kappa shape index (κ1) is 15.0. The van der Waals surface area contributed by atoms with Crippen LogP contribution in [0.5, 0.6) is 0 Å². The molecule has 2 heterocycles. The third-order valence-corrected chi connectivity index (χ3v) is 3.68. The molecule has 6 heteroatoms. The summed E-state index contributed by atoms with van der Waals surface area (Å²) in [6.07, 6.45) is 1.87. The van der Waals surface area contributed by atoms with Crippen LogP contribution in [-0.2, 0) is 11.2 Å². The fourth-order valence-corrected chi connectivity index (χ4v) is 2.54. The number of nitrogen functional groups attached to an aromatic ring is 1. The summed E-state index contributed by atoms with van der Waals surface area (Å²) < 4.78 is 5.59. The van der Waals surface area contributed by atoms with E-state index in [0.717, 1.165) is 43.2 Å². The molecule has 0 aromatic carbocycles. The van der Waals surface area contributed by atoms with Gasteiger partial charge in [0.2, 0.25) is 0 Å². The van der Waals surface area contributed by atoms with Crippen LogP contribution in [0.1, 0.15) is 38.6 Å². The quantitative estimate of drug-likeness (QED) is 0.644. The summed E-state index contributed by atoms with van der Waals surface area (Å²) in [7, 11) is 0. The van der Waals surface area contributed by atoms with E-state index in [1.165, 1.54) is 0 Å². The number of hydrogen-bond acceptors (Lipinski definition) is 6. The molecule has 20 heavy (non-hydrogen) atoms. The third-order valence-electron chi connectivity index (χ3n) is 3.68. The molecule has 6 nitrogen and oxygen atoms in total. The van der Waals surface area contributed by atoms with Gasteiger partial charge in [0.25, 0.3) is 0 Å². The fourth-order valence-electron chi connectivity index (χ4n) is 2.54. The molecule has 1 aromatic rings. The molecule has 0 amide bonds. The van der Waals surface area contributed by atoms with E-state index in [-0.39, 0.29) is 5.54 Å². The van der Waals surface area contributed by atoms with E-state index in [1.54, 1.807) is 0 Å². The van der Waals surface area contributed by atoms with Crippen molar-refractivity contribution in [2.24, 2.45) is 5.84 Å². The van der Waals surface area contributed by atoms with Gasteiger partial charge in [-0.1, -0.05) is 6.92 Å². The van der Waals surface area contributed by atoms with E-state index >= 15 is 0 Å². The van der Waals surface area contributed by atoms with Crippen molar-refractivity contribution in [2.75, 3.05) is 30.1 Å². The van der Waals surface area contributed by atoms with Crippen molar-refractivity contribution in [2.45, 2.75) is 46.1 Å². The zero-order valence-corrected chi connectivity index (χ0v) is 12.9.